The third kappa shape index (κ3) is 5.25. The lowest BCUT2D eigenvalue weighted by Gasteiger charge is -2.33. The second-order valence-corrected chi connectivity index (χ2v) is 5.32. The summed E-state index contributed by atoms with van der Waals surface area (Å²) in [6, 6.07) is 0. The number of aliphatic hydroxyl groups excluding tert-OH is 4. The molecule has 98 valence electrons. The number of hydrogen-bond acceptors (Lipinski definition) is 4. The number of hydrogen-bond donors (Lipinski definition) is 4. The molecule has 0 fully saturated rings. The van der Waals surface area contributed by atoms with E-state index in [1.54, 1.807) is 13.8 Å². The van der Waals surface area contributed by atoms with Crippen LogP contribution in [0.5, 0.6) is 0 Å². The van der Waals surface area contributed by atoms with Crippen LogP contribution in [0.2, 0.25) is 0 Å². The SMILES string of the molecule is CC(CC(O)CCCO)C(O)C(C)(C)CO. The van der Waals surface area contributed by atoms with Gasteiger partial charge in [-0.25, -0.2) is 0 Å². The lowest BCUT2D eigenvalue weighted by molar-refractivity contribution is -0.0382. The Morgan fingerprint density at radius 3 is 2.12 bits per heavy atom. The van der Waals surface area contributed by atoms with Crippen molar-refractivity contribution in [2.75, 3.05) is 13.2 Å². The third-order valence-corrected chi connectivity index (χ3v) is 3.09. The molecule has 4 nitrogen and oxygen atoms in total. The Hall–Kier alpha value is -0.160. The Labute approximate surface area is 97.9 Å². The monoisotopic (exact) mass is 234 g/mol. The summed E-state index contributed by atoms with van der Waals surface area (Å²) in [5.41, 5.74) is -0.546. The lowest BCUT2D eigenvalue weighted by atomic mass is 9.78. The van der Waals surface area contributed by atoms with Crippen molar-refractivity contribution in [2.24, 2.45) is 11.3 Å². The van der Waals surface area contributed by atoms with Gasteiger partial charge in [0.25, 0.3) is 0 Å². The lowest BCUT2D eigenvalue weighted by Crippen LogP contribution is -2.38. The van der Waals surface area contributed by atoms with Gasteiger partial charge in [-0.05, 0) is 25.2 Å². The minimum atomic E-state index is -0.638. The van der Waals surface area contributed by atoms with Gasteiger partial charge in [0.2, 0.25) is 0 Å². The molecule has 0 amide bonds. The molecule has 0 heterocycles. The van der Waals surface area contributed by atoms with E-state index in [4.69, 9.17) is 10.2 Å². The second-order valence-electron chi connectivity index (χ2n) is 5.32. The zero-order chi connectivity index (χ0) is 12.8. The molecule has 0 aliphatic rings. The van der Waals surface area contributed by atoms with Gasteiger partial charge in [-0.1, -0.05) is 20.8 Å². The van der Waals surface area contributed by atoms with Crippen LogP contribution in [0, 0.1) is 11.3 Å². The summed E-state index contributed by atoms with van der Waals surface area (Å²) in [5, 5.41) is 37.4. The zero-order valence-corrected chi connectivity index (χ0v) is 10.6. The summed E-state index contributed by atoms with van der Waals surface area (Å²) in [6.07, 6.45) is 0.484. The van der Waals surface area contributed by atoms with Crippen LogP contribution in [0.25, 0.3) is 0 Å². The van der Waals surface area contributed by atoms with Crippen LogP contribution in [0.1, 0.15) is 40.0 Å². The molecule has 0 saturated carbocycles. The Morgan fingerprint density at radius 1 is 1.12 bits per heavy atom. The molecular weight excluding hydrogens is 208 g/mol. The van der Waals surface area contributed by atoms with Gasteiger partial charge in [-0.15, -0.1) is 0 Å². The van der Waals surface area contributed by atoms with E-state index in [2.05, 4.69) is 0 Å². The molecule has 0 spiro atoms. The number of aliphatic hydroxyl groups is 4. The van der Waals surface area contributed by atoms with Crippen LogP contribution in [-0.4, -0.2) is 45.8 Å². The van der Waals surface area contributed by atoms with Crippen molar-refractivity contribution in [3.63, 3.8) is 0 Å². The van der Waals surface area contributed by atoms with E-state index in [1.165, 1.54) is 0 Å². The highest BCUT2D eigenvalue weighted by Crippen LogP contribution is 2.28. The van der Waals surface area contributed by atoms with Gasteiger partial charge in [-0.2, -0.15) is 0 Å². The van der Waals surface area contributed by atoms with Gasteiger partial charge >= 0.3 is 0 Å². The van der Waals surface area contributed by atoms with E-state index < -0.39 is 17.6 Å². The summed E-state index contributed by atoms with van der Waals surface area (Å²) >= 11 is 0. The van der Waals surface area contributed by atoms with E-state index >= 15 is 0 Å². The minimum absolute atomic E-state index is 0.0733. The Morgan fingerprint density at radius 2 is 1.69 bits per heavy atom. The highest BCUT2D eigenvalue weighted by molar-refractivity contribution is 4.82. The predicted molar refractivity (Wildman–Crippen MR) is 63.0 cm³/mol. The quantitative estimate of drug-likeness (QED) is 0.494. The normalized spacial score (nSPS) is 18.2. The van der Waals surface area contributed by atoms with Crippen molar-refractivity contribution in [3.8, 4) is 0 Å². The molecular formula is C12H26O4. The fourth-order valence-corrected chi connectivity index (χ4v) is 1.87. The molecule has 16 heavy (non-hydrogen) atoms. The molecule has 0 bridgehead atoms. The highest BCUT2D eigenvalue weighted by Gasteiger charge is 2.32. The van der Waals surface area contributed by atoms with Gasteiger partial charge in [0, 0.05) is 12.0 Å². The summed E-state index contributed by atoms with van der Waals surface area (Å²) in [4.78, 5) is 0. The van der Waals surface area contributed by atoms with Crippen molar-refractivity contribution in [3.05, 3.63) is 0 Å². The maximum absolute atomic E-state index is 10.00. The second kappa shape index (κ2) is 7.22. The summed E-state index contributed by atoms with van der Waals surface area (Å²) in [6.45, 7) is 5.47. The first kappa shape index (κ1) is 15.8. The molecule has 3 unspecified atom stereocenters. The molecule has 0 aliphatic carbocycles. The van der Waals surface area contributed by atoms with Crippen LogP contribution in [0.15, 0.2) is 0 Å². The van der Waals surface area contributed by atoms with Crippen LogP contribution in [-0.2, 0) is 0 Å². The van der Waals surface area contributed by atoms with Crippen LogP contribution in [0.4, 0.5) is 0 Å². The number of rotatable bonds is 8. The van der Waals surface area contributed by atoms with E-state index in [1.807, 2.05) is 6.92 Å². The standard InChI is InChI=1S/C12H26O4/c1-9(7-10(15)5-4-6-13)11(16)12(2,3)8-14/h9-11,13-16H,4-8H2,1-3H3. The predicted octanol–water partition coefficient (Wildman–Crippen LogP) is 0.525. The smallest absolute Gasteiger partial charge is 0.0639 e. The van der Waals surface area contributed by atoms with Crippen molar-refractivity contribution in [2.45, 2.75) is 52.2 Å². The van der Waals surface area contributed by atoms with Crippen LogP contribution in [0.3, 0.4) is 0 Å². The Kier molecular flexibility index (Phi) is 7.15. The van der Waals surface area contributed by atoms with Gasteiger partial charge < -0.3 is 20.4 Å². The van der Waals surface area contributed by atoms with E-state index in [-0.39, 0.29) is 19.1 Å². The average molecular weight is 234 g/mol. The first-order chi connectivity index (χ1) is 7.35. The summed E-state index contributed by atoms with van der Waals surface area (Å²) in [7, 11) is 0. The van der Waals surface area contributed by atoms with E-state index in [9.17, 15) is 10.2 Å². The molecule has 0 aliphatic heterocycles. The van der Waals surface area contributed by atoms with Crippen molar-refractivity contribution >= 4 is 0 Å². The molecule has 0 saturated heterocycles. The van der Waals surface area contributed by atoms with E-state index in [0.29, 0.717) is 19.3 Å². The molecule has 0 radical (unpaired) electrons. The van der Waals surface area contributed by atoms with E-state index in [0.717, 1.165) is 0 Å². The van der Waals surface area contributed by atoms with Gasteiger partial charge in [0.1, 0.15) is 0 Å². The molecule has 0 rings (SSSR count). The van der Waals surface area contributed by atoms with Crippen LogP contribution >= 0.6 is 0 Å². The van der Waals surface area contributed by atoms with Crippen LogP contribution < -0.4 is 0 Å². The molecule has 3 atom stereocenters. The van der Waals surface area contributed by atoms with Gasteiger partial charge in [0.15, 0.2) is 0 Å². The third-order valence-electron chi connectivity index (χ3n) is 3.09. The molecule has 4 heteroatoms. The summed E-state index contributed by atoms with van der Waals surface area (Å²) < 4.78 is 0. The topological polar surface area (TPSA) is 80.9 Å². The molecule has 0 aromatic rings. The fourth-order valence-electron chi connectivity index (χ4n) is 1.87. The highest BCUT2D eigenvalue weighted by atomic mass is 16.3. The van der Waals surface area contributed by atoms with Crippen molar-refractivity contribution in [1.82, 2.24) is 0 Å². The molecule has 0 aromatic heterocycles. The zero-order valence-electron chi connectivity index (χ0n) is 10.6. The average Bonchev–Trinajstić information content (AvgIpc) is 2.25. The first-order valence-corrected chi connectivity index (χ1v) is 5.93. The maximum Gasteiger partial charge on any atom is 0.0639 e. The minimum Gasteiger partial charge on any atom is -0.396 e. The van der Waals surface area contributed by atoms with Crippen molar-refractivity contribution in [1.29, 1.82) is 0 Å². The van der Waals surface area contributed by atoms with Gasteiger partial charge in [0.05, 0.1) is 18.8 Å². The maximum atomic E-state index is 10.00. The Bertz CT molecular complexity index is 182. The summed E-state index contributed by atoms with van der Waals surface area (Å²) in [5.74, 6) is -0.0733. The molecule has 0 aromatic carbocycles. The molecule has 4 N–H and O–H groups in total. The van der Waals surface area contributed by atoms with Gasteiger partial charge in [-0.3, -0.25) is 0 Å². The fraction of sp³-hybridized carbons (Fsp3) is 1.00. The van der Waals surface area contributed by atoms with Crippen molar-refractivity contribution < 1.29 is 20.4 Å². The Balaban J connectivity index is 4.09. The largest absolute Gasteiger partial charge is 0.396 e. The first-order valence-electron chi connectivity index (χ1n) is 5.93.